The van der Waals surface area contributed by atoms with Gasteiger partial charge in [0.2, 0.25) is 10.0 Å². The van der Waals surface area contributed by atoms with Crippen LogP contribution in [0.4, 0.5) is 0 Å². The Morgan fingerprint density at radius 2 is 1.76 bits per heavy atom. The van der Waals surface area contributed by atoms with Crippen LogP contribution in [0.3, 0.4) is 0 Å². The molecule has 96 valence electrons. The second-order valence-electron chi connectivity index (χ2n) is 4.61. The SMILES string of the molecule is CC(C)NS(=O)(=O)c1ccc(C(C)C)c(Cl)c1. The summed E-state index contributed by atoms with van der Waals surface area (Å²) >= 11 is 6.07. The number of hydrogen-bond donors (Lipinski definition) is 1. The quantitative estimate of drug-likeness (QED) is 0.917. The maximum absolute atomic E-state index is 11.9. The lowest BCUT2D eigenvalue weighted by Gasteiger charge is -2.12. The zero-order valence-corrected chi connectivity index (χ0v) is 12.1. The van der Waals surface area contributed by atoms with E-state index in [0.29, 0.717) is 5.02 Å². The van der Waals surface area contributed by atoms with Crippen molar-refractivity contribution in [3.8, 4) is 0 Å². The van der Waals surface area contributed by atoms with Crippen LogP contribution in [-0.2, 0) is 10.0 Å². The smallest absolute Gasteiger partial charge is 0.209 e. The lowest BCUT2D eigenvalue weighted by Crippen LogP contribution is -2.30. The van der Waals surface area contributed by atoms with Gasteiger partial charge in [0, 0.05) is 11.1 Å². The zero-order valence-electron chi connectivity index (χ0n) is 10.5. The maximum atomic E-state index is 11.9. The Balaban J connectivity index is 3.14. The molecule has 0 aliphatic rings. The van der Waals surface area contributed by atoms with Gasteiger partial charge < -0.3 is 0 Å². The monoisotopic (exact) mass is 275 g/mol. The van der Waals surface area contributed by atoms with Gasteiger partial charge in [-0.2, -0.15) is 0 Å². The first-order valence-electron chi connectivity index (χ1n) is 5.56. The minimum atomic E-state index is -3.46. The van der Waals surface area contributed by atoms with Crippen LogP contribution in [0.25, 0.3) is 0 Å². The molecule has 0 saturated heterocycles. The van der Waals surface area contributed by atoms with Gasteiger partial charge in [-0.05, 0) is 37.5 Å². The molecule has 0 amide bonds. The molecule has 0 bridgehead atoms. The predicted molar refractivity (Wildman–Crippen MR) is 71.0 cm³/mol. The van der Waals surface area contributed by atoms with E-state index in [1.54, 1.807) is 26.0 Å². The van der Waals surface area contributed by atoms with Gasteiger partial charge in [0.15, 0.2) is 0 Å². The molecule has 0 aliphatic carbocycles. The molecule has 1 N–H and O–H groups in total. The molecular weight excluding hydrogens is 258 g/mol. The molecule has 3 nitrogen and oxygen atoms in total. The maximum Gasteiger partial charge on any atom is 0.240 e. The highest BCUT2D eigenvalue weighted by Crippen LogP contribution is 2.26. The van der Waals surface area contributed by atoms with Crippen molar-refractivity contribution in [1.29, 1.82) is 0 Å². The Labute approximate surface area is 108 Å². The molecular formula is C12H18ClNO2S. The van der Waals surface area contributed by atoms with E-state index in [0.717, 1.165) is 5.56 Å². The van der Waals surface area contributed by atoms with Gasteiger partial charge in [-0.25, -0.2) is 13.1 Å². The predicted octanol–water partition coefficient (Wildman–Crippen LogP) is 3.15. The van der Waals surface area contributed by atoms with Crippen molar-refractivity contribution in [3.05, 3.63) is 28.8 Å². The van der Waals surface area contributed by atoms with Crippen LogP contribution in [0.15, 0.2) is 23.1 Å². The van der Waals surface area contributed by atoms with E-state index in [9.17, 15) is 8.42 Å². The summed E-state index contributed by atoms with van der Waals surface area (Å²) in [6, 6.07) is 4.72. The first-order chi connectivity index (χ1) is 7.74. The average Bonchev–Trinajstić information content (AvgIpc) is 2.14. The van der Waals surface area contributed by atoms with Crippen LogP contribution in [0, 0.1) is 0 Å². The highest BCUT2D eigenvalue weighted by atomic mass is 35.5. The third-order valence-electron chi connectivity index (χ3n) is 2.30. The second kappa shape index (κ2) is 5.38. The first-order valence-corrected chi connectivity index (χ1v) is 7.42. The van der Waals surface area contributed by atoms with E-state index in [1.165, 1.54) is 6.07 Å². The van der Waals surface area contributed by atoms with Gasteiger partial charge >= 0.3 is 0 Å². The first kappa shape index (κ1) is 14.5. The largest absolute Gasteiger partial charge is 0.240 e. The molecule has 5 heteroatoms. The minimum Gasteiger partial charge on any atom is -0.209 e. The van der Waals surface area contributed by atoms with Crippen LogP contribution in [-0.4, -0.2) is 14.5 Å². The molecule has 0 radical (unpaired) electrons. The number of sulfonamides is 1. The van der Waals surface area contributed by atoms with Gasteiger partial charge in [0.1, 0.15) is 0 Å². The third-order valence-corrected chi connectivity index (χ3v) is 4.28. The summed E-state index contributed by atoms with van der Waals surface area (Å²) in [4.78, 5) is 0.209. The number of rotatable bonds is 4. The van der Waals surface area contributed by atoms with Crippen molar-refractivity contribution in [2.45, 2.75) is 44.6 Å². The van der Waals surface area contributed by atoms with E-state index in [1.807, 2.05) is 13.8 Å². The highest BCUT2D eigenvalue weighted by molar-refractivity contribution is 7.89. The van der Waals surface area contributed by atoms with Crippen LogP contribution < -0.4 is 4.72 Å². The van der Waals surface area contributed by atoms with E-state index in [2.05, 4.69) is 4.72 Å². The highest BCUT2D eigenvalue weighted by Gasteiger charge is 2.17. The van der Waals surface area contributed by atoms with Crippen molar-refractivity contribution in [2.24, 2.45) is 0 Å². The summed E-state index contributed by atoms with van der Waals surface area (Å²) in [7, 11) is -3.46. The van der Waals surface area contributed by atoms with E-state index >= 15 is 0 Å². The summed E-state index contributed by atoms with van der Waals surface area (Å²) in [5.74, 6) is 0.275. The van der Waals surface area contributed by atoms with Crippen LogP contribution in [0.1, 0.15) is 39.2 Å². The van der Waals surface area contributed by atoms with E-state index in [4.69, 9.17) is 11.6 Å². The van der Waals surface area contributed by atoms with Gasteiger partial charge in [0.25, 0.3) is 0 Å². The van der Waals surface area contributed by atoms with Gasteiger partial charge in [0.05, 0.1) is 4.90 Å². The molecule has 0 heterocycles. The van der Waals surface area contributed by atoms with Crippen LogP contribution in [0.5, 0.6) is 0 Å². The zero-order chi connectivity index (χ0) is 13.2. The molecule has 0 unspecified atom stereocenters. The molecule has 0 atom stereocenters. The summed E-state index contributed by atoms with van der Waals surface area (Å²) in [6.45, 7) is 7.59. The minimum absolute atomic E-state index is 0.136. The molecule has 1 aromatic rings. The van der Waals surface area contributed by atoms with Crippen LogP contribution >= 0.6 is 11.6 Å². The Hall–Kier alpha value is -0.580. The molecule has 0 fully saturated rings. The molecule has 17 heavy (non-hydrogen) atoms. The van der Waals surface area contributed by atoms with E-state index in [-0.39, 0.29) is 16.9 Å². The Bertz CT molecular complexity index is 495. The Kier molecular flexibility index (Phi) is 4.58. The second-order valence-corrected chi connectivity index (χ2v) is 6.74. The van der Waals surface area contributed by atoms with Crippen molar-refractivity contribution >= 4 is 21.6 Å². The fraction of sp³-hybridized carbons (Fsp3) is 0.500. The summed E-state index contributed by atoms with van der Waals surface area (Å²) in [5, 5.41) is 0.492. The molecule has 1 rings (SSSR count). The number of benzene rings is 1. The van der Waals surface area contributed by atoms with Crippen molar-refractivity contribution < 1.29 is 8.42 Å². The number of nitrogens with one attached hydrogen (secondary N) is 1. The average molecular weight is 276 g/mol. The van der Waals surface area contributed by atoms with Gasteiger partial charge in [-0.3, -0.25) is 0 Å². The van der Waals surface area contributed by atoms with Gasteiger partial charge in [-0.15, -0.1) is 0 Å². The third kappa shape index (κ3) is 3.69. The molecule has 1 aromatic carbocycles. The number of hydrogen-bond acceptors (Lipinski definition) is 2. The fourth-order valence-corrected chi connectivity index (χ4v) is 3.26. The molecule has 0 saturated carbocycles. The molecule has 0 aromatic heterocycles. The standard InChI is InChI=1S/C12H18ClNO2S/c1-8(2)11-6-5-10(7-12(11)13)17(15,16)14-9(3)4/h5-9,14H,1-4H3. The summed E-state index contributed by atoms with van der Waals surface area (Å²) in [5.41, 5.74) is 0.954. The summed E-state index contributed by atoms with van der Waals surface area (Å²) < 4.78 is 26.3. The van der Waals surface area contributed by atoms with Crippen molar-refractivity contribution in [1.82, 2.24) is 4.72 Å². The molecule has 0 spiro atoms. The topological polar surface area (TPSA) is 46.2 Å². The lowest BCUT2D eigenvalue weighted by atomic mass is 10.0. The lowest BCUT2D eigenvalue weighted by molar-refractivity contribution is 0.570. The van der Waals surface area contributed by atoms with Crippen molar-refractivity contribution in [3.63, 3.8) is 0 Å². The Morgan fingerprint density at radius 1 is 1.18 bits per heavy atom. The van der Waals surface area contributed by atoms with Gasteiger partial charge in [-0.1, -0.05) is 31.5 Å². The van der Waals surface area contributed by atoms with Crippen molar-refractivity contribution in [2.75, 3.05) is 0 Å². The fourth-order valence-electron chi connectivity index (χ4n) is 1.52. The summed E-state index contributed by atoms with van der Waals surface area (Å²) in [6.07, 6.45) is 0. The van der Waals surface area contributed by atoms with E-state index < -0.39 is 10.0 Å². The van der Waals surface area contributed by atoms with Crippen LogP contribution in [0.2, 0.25) is 5.02 Å². The Morgan fingerprint density at radius 3 is 2.18 bits per heavy atom. The normalized spacial score (nSPS) is 12.4. The number of halogens is 1. The molecule has 0 aliphatic heterocycles.